The molecular formula is C17H14FN3O3. The van der Waals surface area contributed by atoms with Crippen molar-refractivity contribution >= 4 is 5.91 Å². The third kappa shape index (κ3) is 3.95. The highest BCUT2D eigenvalue weighted by molar-refractivity contribution is 5.77. The largest absolute Gasteiger partial charge is 0.484 e. The van der Waals surface area contributed by atoms with Crippen LogP contribution in [0.3, 0.4) is 0 Å². The molecule has 6 nitrogen and oxygen atoms in total. The molecule has 0 bridgehead atoms. The summed E-state index contributed by atoms with van der Waals surface area (Å²) in [7, 11) is 0. The van der Waals surface area contributed by atoms with Gasteiger partial charge in [-0.2, -0.15) is 0 Å². The van der Waals surface area contributed by atoms with E-state index in [0.29, 0.717) is 5.75 Å². The van der Waals surface area contributed by atoms with Crippen LogP contribution < -0.4 is 10.1 Å². The summed E-state index contributed by atoms with van der Waals surface area (Å²) < 4.78 is 24.3. The first kappa shape index (κ1) is 15.7. The average molecular weight is 327 g/mol. The molecule has 0 fully saturated rings. The molecule has 0 unspecified atom stereocenters. The standard InChI is InChI=1S/C17H14FN3O3/c18-14-9-5-4-8-13(14)17-21-20-16(24-17)10-19-15(22)11-23-12-6-2-1-3-7-12/h1-9H,10-11H2,(H,19,22). The quantitative estimate of drug-likeness (QED) is 0.753. The number of aromatic nitrogens is 2. The van der Waals surface area contributed by atoms with Crippen molar-refractivity contribution in [2.24, 2.45) is 0 Å². The fourth-order valence-electron chi connectivity index (χ4n) is 1.96. The van der Waals surface area contributed by atoms with Gasteiger partial charge in [0.15, 0.2) is 6.61 Å². The van der Waals surface area contributed by atoms with Crippen molar-refractivity contribution in [3.8, 4) is 17.2 Å². The van der Waals surface area contributed by atoms with Crippen LogP contribution in [0.25, 0.3) is 11.5 Å². The van der Waals surface area contributed by atoms with Crippen molar-refractivity contribution in [1.82, 2.24) is 15.5 Å². The van der Waals surface area contributed by atoms with E-state index in [0.717, 1.165) is 0 Å². The Morgan fingerprint density at radius 3 is 2.62 bits per heavy atom. The van der Waals surface area contributed by atoms with Gasteiger partial charge in [0.2, 0.25) is 5.89 Å². The summed E-state index contributed by atoms with van der Waals surface area (Å²) >= 11 is 0. The first-order valence-corrected chi connectivity index (χ1v) is 7.24. The van der Waals surface area contributed by atoms with E-state index in [1.165, 1.54) is 6.07 Å². The van der Waals surface area contributed by atoms with Gasteiger partial charge < -0.3 is 14.5 Å². The number of nitrogens with zero attached hydrogens (tertiary/aromatic N) is 2. The van der Waals surface area contributed by atoms with Crippen molar-refractivity contribution in [2.45, 2.75) is 6.54 Å². The van der Waals surface area contributed by atoms with Crippen molar-refractivity contribution in [2.75, 3.05) is 6.61 Å². The highest BCUT2D eigenvalue weighted by Crippen LogP contribution is 2.20. The fraction of sp³-hybridized carbons (Fsp3) is 0.118. The fourth-order valence-corrected chi connectivity index (χ4v) is 1.96. The number of ether oxygens (including phenoxy) is 1. The second-order valence-corrected chi connectivity index (χ2v) is 4.86. The molecule has 7 heteroatoms. The lowest BCUT2D eigenvalue weighted by molar-refractivity contribution is -0.123. The Morgan fingerprint density at radius 2 is 1.83 bits per heavy atom. The van der Waals surface area contributed by atoms with E-state index in [-0.39, 0.29) is 36.4 Å². The van der Waals surface area contributed by atoms with Gasteiger partial charge >= 0.3 is 0 Å². The summed E-state index contributed by atoms with van der Waals surface area (Å²) in [5.74, 6) is 0.0731. The number of rotatable bonds is 6. The third-order valence-electron chi connectivity index (χ3n) is 3.12. The lowest BCUT2D eigenvalue weighted by atomic mass is 10.2. The lowest BCUT2D eigenvalue weighted by Crippen LogP contribution is -2.28. The number of halogens is 1. The van der Waals surface area contributed by atoms with E-state index >= 15 is 0 Å². The molecule has 0 radical (unpaired) electrons. The molecule has 2 aromatic carbocycles. The number of nitrogens with one attached hydrogen (secondary N) is 1. The average Bonchev–Trinajstić information content (AvgIpc) is 3.08. The minimum Gasteiger partial charge on any atom is -0.484 e. The van der Waals surface area contributed by atoms with Gasteiger partial charge in [-0.05, 0) is 24.3 Å². The van der Waals surface area contributed by atoms with Crippen LogP contribution in [0.2, 0.25) is 0 Å². The summed E-state index contributed by atoms with van der Waals surface area (Å²) in [6.07, 6.45) is 0. The van der Waals surface area contributed by atoms with Gasteiger partial charge in [0.1, 0.15) is 11.6 Å². The van der Waals surface area contributed by atoms with Crippen LogP contribution in [-0.2, 0) is 11.3 Å². The first-order chi connectivity index (χ1) is 11.7. The predicted molar refractivity (Wildman–Crippen MR) is 83.5 cm³/mol. The highest BCUT2D eigenvalue weighted by atomic mass is 19.1. The zero-order chi connectivity index (χ0) is 16.8. The first-order valence-electron chi connectivity index (χ1n) is 7.24. The van der Waals surface area contributed by atoms with Crippen LogP contribution in [-0.4, -0.2) is 22.7 Å². The van der Waals surface area contributed by atoms with Crippen molar-refractivity contribution < 1.29 is 18.3 Å². The van der Waals surface area contributed by atoms with Crippen molar-refractivity contribution in [1.29, 1.82) is 0 Å². The summed E-state index contributed by atoms with van der Waals surface area (Å²) in [6, 6.07) is 15.1. The molecular weight excluding hydrogens is 313 g/mol. The monoisotopic (exact) mass is 327 g/mol. The van der Waals surface area contributed by atoms with E-state index < -0.39 is 5.82 Å². The summed E-state index contributed by atoms with van der Waals surface area (Å²) in [6.45, 7) is -0.0866. The highest BCUT2D eigenvalue weighted by Gasteiger charge is 2.13. The maximum atomic E-state index is 13.6. The number of carbonyl (C=O) groups excluding carboxylic acids is 1. The Hall–Kier alpha value is -3.22. The van der Waals surface area contributed by atoms with Crippen LogP contribution in [0.4, 0.5) is 4.39 Å². The minimum atomic E-state index is -0.451. The zero-order valence-corrected chi connectivity index (χ0v) is 12.6. The second kappa shape index (κ2) is 7.36. The number of amides is 1. The Morgan fingerprint density at radius 1 is 1.08 bits per heavy atom. The number of hydrogen-bond donors (Lipinski definition) is 1. The molecule has 0 saturated heterocycles. The second-order valence-electron chi connectivity index (χ2n) is 4.86. The van der Waals surface area contributed by atoms with Gasteiger partial charge in [-0.25, -0.2) is 4.39 Å². The maximum Gasteiger partial charge on any atom is 0.258 e. The van der Waals surface area contributed by atoms with Crippen molar-refractivity contribution in [3.05, 3.63) is 66.3 Å². The van der Waals surface area contributed by atoms with E-state index in [9.17, 15) is 9.18 Å². The molecule has 0 aliphatic heterocycles. The smallest absolute Gasteiger partial charge is 0.258 e. The molecule has 1 heterocycles. The normalized spacial score (nSPS) is 10.4. The topological polar surface area (TPSA) is 77.2 Å². The SMILES string of the molecule is O=C(COc1ccccc1)NCc1nnc(-c2ccccc2F)o1. The molecule has 3 rings (SSSR count). The zero-order valence-electron chi connectivity index (χ0n) is 12.6. The molecule has 0 aliphatic carbocycles. The molecule has 0 saturated carbocycles. The van der Waals surface area contributed by atoms with Crippen LogP contribution in [0, 0.1) is 5.82 Å². The van der Waals surface area contributed by atoms with Crippen LogP contribution >= 0.6 is 0 Å². The van der Waals surface area contributed by atoms with Gasteiger partial charge in [-0.15, -0.1) is 10.2 Å². The summed E-state index contributed by atoms with van der Waals surface area (Å²) in [4.78, 5) is 11.7. The summed E-state index contributed by atoms with van der Waals surface area (Å²) in [5.41, 5.74) is 0.218. The van der Waals surface area contributed by atoms with E-state index in [2.05, 4.69) is 15.5 Å². The number of carbonyl (C=O) groups is 1. The Balaban J connectivity index is 1.52. The molecule has 3 aromatic rings. The van der Waals surface area contributed by atoms with E-state index in [4.69, 9.17) is 9.15 Å². The van der Waals surface area contributed by atoms with Crippen LogP contribution in [0.5, 0.6) is 5.75 Å². The molecule has 0 aliphatic rings. The predicted octanol–water partition coefficient (Wildman–Crippen LogP) is 2.57. The van der Waals surface area contributed by atoms with Gasteiger partial charge in [0, 0.05) is 0 Å². The molecule has 1 N–H and O–H groups in total. The summed E-state index contributed by atoms with van der Waals surface area (Å²) in [5, 5.41) is 10.2. The van der Waals surface area contributed by atoms with Gasteiger partial charge in [0.25, 0.3) is 11.8 Å². The van der Waals surface area contributed by atoms with E-state index in [1.54, 1.807) is 30.3 Å². The molecule has 0 atom stereocenters. The molecule has 1 amide bonds. The Bertz CT molecular complexity index is 821. The van der Waals surface area contributed by atoms with Gasteiger partial charge in [-0.3, -0.25) is 4.79 Å². The van der Waals surface area contributed by atoms with Gasteiger partial charge in [0.05, 0.1) is 12.1 Å². The molecule has 0 spiro atoms. The molecule has 24 heavy (non-hydrogen) atoms. The number of para-hydroxylation sites is 1. The van der Waals surface area contributed by atoms with Crippen LogP contribution in [0.1, 0.15) is 5.89 Å². The van der Waals surface area contributed by atoms with Gasteiger partial charge in [-0.1, -0.05) is 30.3 Å². The molecule has 122 valence electrons. The molecule has 1 aromatic heterocycles. The number of hydrogen-bond acceptors (Lipinski definition) is 5. The lowest BCUT2D eigenvalue weighted by Gasteiger charge is -2.05. The Kier molecular flexibility index (Phi) is 4.81. The Labute approximate surface area is 137 Å². The number of benzene rings is 2. The van der Waals surface area contributed by atoms with Crippen molar-refractivity contribution in [3.63, 3.8) is 0 Å². The minimum absolute atomic E-state index is 0.0401. The maximum absolute atomic E-state index is 13.6. The van der Waals surface area contributed by atoms with Crippen LogP contribution in [0.15, 0.2) is 59.0 Å². The van der Waals surface area contributed by atoms with E-state index in [1.807, 2.05) is 18.2 Å². The third-order valence-corrected chi connectivity index (χ3v) is 3.12.